The molecule has 1 N–H and O–H groups in total. The largest absolute Gasteiger partial charge is 0.475 e. The van der Waals surface area contributed by atoms with Gasteiger partial charge in [0.1, 0.15) is 0 Å². The summed E-state index contributed by atoms with van der Waals surface area (Å²) in [6, 6.07) is 5.01. The molecule has 0 radical (unpaired) electrons. The first-order chi connectivity index (χ1) is 6.91. The van der Waals surface area contributed by atoms with Crippen LogP contribution < -0.4 is 0 Å². The maximum Gasteiger partial charge on any atom is 0.377 e. The number of hydrogen-bond donors (Lipinski definition) is 1. The fourth-order valence-corrected chi connectivity index (χ4v) is 1.71. The number of ketones is 1. The zero-order valence-electron chi connectivity index (χ0n) is 8.45. The van der Waals surface area contributed by atoms with E-state index in [9.17, 15) is 9.59 Å². The van der Waals surface area contributed by atoms with Gasteiger partial charge in [-0.2, -0.15) is 0 Å². The molecule has 0 bridgehead atoms. The Morgan fingerprint density at radius 3 is 2.33 bits per heavy atom. The van der Waals surface area contributed by atoms with Crippen LogP contribution in [-0.2, 0) is 4.79 Å². The second-order valence-corrected chi connectivity index (χ2v) is 4.48. The van der Waals surface area contributed by atoms with Crippen molar-refractivity contribution in [2.45, 2.75) is 19.8 Å². The second kappa shape index (κ2) is 4.57. The highest BCUT2D eigenvalue weighted by molar-refractivity contribution is 9.10. The number of rotatable bonds is 3. The summed E-state index contributed by atoms with van der Waals surface area (Å²) in [6.45, 7) is 3.97. The maximum atomic E-state index is 11.3. The Kier molecular flexibility index (Phi) is 3.63. The van der Waals surface area contributed by atoms with Crippen LogP contribution in [0.1, 0.15) is 35.7 Å². The molecule has 0 saturated carbocycles. The number of carbonyl (C=O) groups excluding carboxylic acids is 1. The average Bonchev–Trinajstić information content (AvgIpc) is 2.15. The summed E-state index contributed by atoms with van der Waals surface area (Å²) >= 11 is 3.25. The van der Waals surface area contributed by atoms with E-state index in [0.717, 1.165) is 10.0 Å². The Hall–Kier alpha value is -1.16. The molecule has 0 atom stereocenters. The molecule has 1 rings (SSSR count). The minimum absolute atomic E-state index is 0.209. The van der Waals surface area contributed by atoms with Crippen LogP contribution in [0.15, 0.2) is 22.7 Å². The van der Waals surface area contributed by atoms with Crippen molar-refractivity contribution in [3.63, 3.8) is 0 Å². The molecule has 0 aliphatic heterocycles. The standard InChI is InChI=1S/C11H11BrO3/c1-6(2)7-3-8(5-9(12)4-7)10(13)11(14)15/h3-6H,1-2H3,(H,14,15). The molecule has 1 aromatic carbocycles. The molecule has 0 saturated heterocycles. The van der Waals surface area contributed by atoms with Crippen molar-refractivity contribution in [2.24, 2.45) is 0 Å². The van der Waals surface area contributed by atoms with Gasteiger partial charge >= 0.3 is 5.97 Å². The molecule has 0 aromatic heterocycles. The molecule has 0 amide bonds. The lowest BCUT2D eigenvalue weighted by atomic mass is 9.99. The van der Waals surface area contributed by atoms with Gasteiger partial charge in [-0.25, -0.2) is 4.79 Å². The number of carboxylic acids is 1. The highest BCUT2D eigenvalue weighted by atomic mass is 79.9. The third-order valence-corrected chi connectivity index (χ3v) is 2.50. The molecular formula is C11H11BrO3. The van der Waals surface area contributed by atoms with Crippen LogP contribution in [0.2, 0.25) is 0 Å². The summed E-state index contributed by atoms with van der Waals surface area (Å²) in [5.74, 6) is -2.05. The van der Waals surface area contributed by atoms with Crippen LogP contribution in [-0.4, -0.2) is 16.9 Å². The topological polar surface area (TPSA) is 54.4 Å². The van der Waals surface area contributed by atoms with Gasteiger partial charge in [0, 0.05) is 10.0 Å². The SMILES string of the molecule is CC(C)c1cc(Br)cc(C(=O)C(=O)O)c1. The van der Waals surface area contributed by atoms with Crippen LogP contribution in [0.25, 0.3) is 0 Å². The third kappa shape index (κ3) is 2.89. The number of halogens is 1. The van der Waals surface area contributed by atoms with E-state index in [4.69, 9.17) is 5.11 Å². The lowest BCUT2D eigenvalue weighted by Crippen LogP contribution is -2.13. The summed E-state index contributed by atoms with van der Waals surface area (Å²) in [5.41, 5.74) is 1.15. The van der Waals surface area contributed by atoms with E-state index in [1.165, 1.54) is 6.07 Å². The van der Waals surface area contributed by atoms with Gasteiger partial charge in [-0.05, 0) is 29.7 Å². The molecular weight excluding hydrogens is 260 g/mol. The van der Waals surface area contributed by atoms with Gasteiger partial charge in [-0.1, -0.05) is 29.8 Å². The number of benzene rings is 1. The Bertz CT molecular complexity index is 410. The number of carbonyl (C=O) groups is 2. The minimum atomic E-state index is -1.43. The van der Waals surface area contributed by atoms with E-state index in [0.29, 0.717) is 0 Å². The molecule has 4 heteroatoms. The summed E-state index contributed by atoms with van der Waals surface area (Å²) in [4.78, 5) is 21.8. The van der Waals surface area contributed by atoms with Crippen molar-refractivity contribution in [3.05, 3.63) is 33.8 Å². The van der Waals surface area contributed by atoms with Gasteiger partial charge in [0.15, 0.2) is 0 Å². The fraction of sp³-hybridized carbons (Fsp3) is 0.273. The van der Waals surface area contributed by atoms with Gasteiger partial charge in [0.2, 0.25) is 0 Å². The van der Waals surface area contributed by atoms with E-state index < -0.39 is 11.8 Å². The smallest absolute Gasteiger partial charge is 0.377 e. The van der Waals surface area contributed by atoms with E-state index in [2.05, 4.69) is 15.9 Å². The van der Waals surface area contributed by atoms with Crippen LogP contribution in [0.3, 0.4) is 0 Å². The molecule has 1 aromatic rings. The zero-order valence-corrected chi connectivity index (χ0v) is 10.0. The van der Waals surface area contributed by atoms with Gasteiger partial charge in [-0.3, -0.25) is 4.79 Å². The first-order valence-electron chi connectivity index (χ1n) is 4.50. The van der Waals surface area contributed by atoms with Crippen LogP contribution in [0.4, 0.5) is 0 Å². The average molecular weight is 271 g/mol. The van der Waals surface area contributed by atoms with Gasteiger partial charge in [0.05, 0.1) is 0 Å². The molecule has 0 spiro atoms. The Labute approximate surface area is 96.2 Å². The Morgan fingerprint density at radius 2 is 1.87 bits per heavy atom. The normalized spacial score (nSPS) is 10.4. The lowest BCUT2D eigenvalue weighted by molar-refractivity contribution is -0.131. The van der Waals surface area contributed by atoms with Crippen LogP contribution in [0, 0.1) is 0 Å². The third-order valence-electron chi connectivity index (χ3n) is 2.04. The Morgan fingerprint density at radius 1 is 1.27 bits per heavy atom. The quantitative estimate of drug-likeness (QED) is 0.679. The van der Waals surface area contributed by atoms with Crippen molar-refractivity contribution >= 4 is 27.7 Å². The van der Waals surface area contributed by atoms with E-state index >= 15 is 0 Å². The summed E-state index contributed by atoms with van der Waals surface area (Å²) in [5, 5.41) is 8.59. The number of carboxylic acid groups (broad SMARTS) is 1. The zero-order chi connectivity index (χ0) is 11.6. The predicted molar refractivity (Wildman–Crippen MR) is 60.2 cm³/mol. The monoisotopic (exact) mass is 270 g/mol. The highest BCUT2D eigenvalue weighted by Crippen LogP contribution is 2.22. The Balaban J connectivity index is 3.20. The summed E-state index contributed by atoms with van der Waals surface area (Å²) in [7, 11) is 0. The molecule has 3 nitrogen and oxygen atoms in total. The molecule has 0 unspecified atom stereocenters. The lowest BCUT2D eigenvalue weighted by Gasteiger charge is -2.07. The van der Waals surface area contributed by atoms with Crippen molar-refractivity contribution in [1.29, 1.82) is 0 Å². The van der Waals surface area contributed by atoms with Crippen molar-refractivity contribution < 1.29 is 14.7 Å². The van der Waals surface area contributed by atoms with E-state index in [-0.39, 0.29) is 11.5 Å². The van der Waals surface area contributed by atoms with Crippen LogP contribution >= 0.6 is 15.9 Å². The van der Waals surface area contributed by atoms with E-state index in [1.807, 2.05) is 19.9 Å². The molecule has 0 aliphatic rings. The number of aliphatic carboxylic acids is 1. The van der Waals surface area contributed by atoms with E-state index in [1.54, 1.807) is 6.07 Å². The minimum Gasteiger partial charge on any atom is -0.475 e. The molecule has 0 heterocycles. The first kappa shape index (κ1) is 11.9. The first-order valence-corrected chi connectivity index (χ1v) is 5.29. The predicted octanol–water partition coefficient (Wildman–Crippen LogP) is 2.84. The number of Topliss-reactive ketones (excluding diaryl/α,β-unsaturated/α-hetero) is 1. The van der Waals surface area contributed by atoms with Crippen LogP contribution in [0.5, 0.6) is 0 Å². The second-order valence-electron chi connectivity index (χ2n) is 3.56. The van der Waals surface area contributed by atoms with Gasteiger partial charge < -0.3 is 5.11 Å². The maximum absolute atomic E-state index is 11.3. The molecule has 0 aliphatic carbocycles. The van der Waals surface area contributed by atoms with Gasteiger partial charge in [-0.15, -0.1) is 0 Å². The van der Waals surface area contributed by atoms with Crippen molar-refractivity contribution in [1.82, 2.24) is 0 Å². The highest BCUT2D eigenvalue weighted by Gasteiger charge is 2.16. The molecule has 0 fully saturated rings. The summed E-state index contributed by atoms with van der Waals surface area (Å²) < 4.78 is 0.721. The summed E-state index contributed by atoms with van der Waals surface area (Å²) in [6.07, 6.45) is 0. The number of hydrogen-bond acceptors (Lipinski definition) is 2. The van der Waals surface area contributed by atoms with Gasteiger partial charge in [0.25, 0.3) is 5.78 Å². The van der Waals surface area contributed by atoms with Crippen molar-refractivity contribution in [2.75, 3.05) is 0 Å². The fourth-order valence-electron chi connectivity index (χ4n) is 1.20. The molecule has 15 heavy (non-hydrogen) atoms. The molecule has 80 valence electrons. The van der Waals surface area contributed by atoms with Crippen molar-refractivity contribution in [3.8, 4) is 0 Å².